The molecule has 3 aromatic carbocycles. The minimum atomic E-state index is 0.821. The maximum absolute atomic E-state index is 5.87. The quantitative estimate of drug-likeness (QED) is 0.655. The van der Waals surface area contributed by atoms with Gasteiger partial charge in [-0.05, 0) is 47.5 Å². The van der Waals surface area contributed by atoms with Crippen molar-refractivity contribution in [1.82, 2.24) is 0 Å². The molecule has 0 aliphatic rings. The average molecular weight is 276 g/mol. The van der Waals surface area contributed by atoms with E-state index in [1.54, 1.807) is 7.11 Å². The second kappa shape index (κ2) is 6.14. The molecule has 0 radical (unpaired) electrons. The molecule has 3 rings (SSSR count). The highest BCUT2D eigenvalue weighted by molar-refractivity contribution is 5.66. The van der Waals surface area contributed by atoms with Crippen molar-refractivity contribution < 1.29 is 9.47 Å². The monoisotopic (exact) mass is 276 g/mol. The molecule has 0 amide bonds. The van der Waals surface area contributed by atoms with Crippen molar-refractivity contribution in [3.8, 4) is 28.4 Å². The van der Waals surface area contributed by atoms with Crippen molar-refractivity contribution in [3.63, 3.8) is 0 Å². The fourth-order valence-corrected chi connectivity index (χ4v) is 2.17. The first-order valence-electron chi connectivity index (χ1n) is 6.82. The fraction of sp³-hybridized carbons (Fsp3) is 0.0526. The number of ether oxygens (including phenoxy) is 2. The predicted molar refractivity (Wildman–Crippen MR) is 84.9 cm³/mol. The maximum atomic E-state index is 5.87. The van der Waals surface area contributed by atoms with Gasteiger partial charge in [0.2, 0.25) is 0 Å². The Hall–Kier alpha value is -2.74. The molecule has 0 saturated heterocycles. The summed E-state index contributed by atoms with van der Waals surface area (Å²) in [6, 6.07) is 25.8. The van der Waals surface area contributed by atoms with Crippen molar-refractivity contribution >= 4 is 0 Å². The van der Waals surface area contributed by atoms with Crippen LogP contribution < -0.4 is 9.47 Å². The van der Waals surface area contributed by atoms with Crippen LogP contribution in [0.2, 0.25) is 0 Å². The normalized spacial score (nSPS) is 10.1. The highest BCUT2D eigenvalue weighted by Gasteiger charge is 2.02. The minimum absolute atomic E-state index is 0.821. The van der Waals surface area contributed by atoms with Crippen LogP contribution in [0, 0.1) is 0 Å². The molecule has 2 heteroatoms. The van der Waals surface area contributed by atoms with E-state index in [2.05, 4.69) is 12.1 Å². The number of hydrogen-bond donors (Lipinski definition) is 0. The Morgan fingerprint density at radius 3 is 1.81 bits per heavy atom. The molecule has 0 aliphatic heterocycles. The Labute approximate surface area is 124 Å². The van der Waals surface area contributed by atoms with Crippen LogP contribution in [0.4, 0.5) is 0 Å². The highest BCUT2D eigenvalue weighted by atomic mass is 16.5. The predicted octanol–water partition coefficient (Wildman–Crippen LogP) is 5.15. The zero-order valence-corrected chi connectivity index (χ0v) is 11.8. The number of rotatable bonds is 4. The van der Waals surface area contributed by atoms with E-state index in [-0.39, 0.29) is 0 Å². The van der Waals surface area contributed by atoms with E-state index in [0.29, 0.717) is 0 Å². The lowest BCUT2D eigenvalue weighted by Crippen LogP contribution is -1.86. The SMILES string of the molecule is COc1cccc(-c2cccc(Oc3ccccc3)c2)c1. The summed E-state index contributed by atoms with van der Waals surface area (Å²) in [4.78, 5) is 0. The Morgan fingerprint density at radius 1 is 0.571 bits per heavy atom. The van der Waals surface area contributed by atoms with Crippen LogP contribution in [0.5, 0.6) is 17.2 Å². The van der Waals surface area contributed by atoms with E-state index in [1.807, 2.05) is 66.7 Å². The molecule has 0 atom stereocenters. The van der Waals surface area contributed by atoms with E-state index in [4.69, 9.17) is 9.47 Å². The molecule has 21 heavy (non-hydrogen) atoms. The van der Waals surface area contributed by atoms with E-state index in [9.17, 15) is 0 Å². The third-order valence-corrected chi connectivity index (χ3v) is 3.22. The summed E-state index contributed by atoms with van der Waals surface area (Å²) in [5.74, 6) is 2.50. The first-order valence-corrected chi connectivity index (χ1v) is 6.82. The molecule has 0 heterocycles. The van der Waals surface area contributed by atoms with Gasteiger partial charge in [0.25, 0.3) is 0 Å². The van der Waals surface area contributed by atoms with Gasteiger partial charge in [-0.15, -0.1) is 0 Å². The van der Waals surface area contributed by atoms with Crippen molar-refractivity contribution in [2.75, 3.05) is 7.11 Å². The van der Waals surface area contributed by atoms with Gasteiger partial charge in [0, 0.05) is 0 Å². The lowest BCUT2D eigenvalue weighted by atomic mass is 10.1. The van der Waals surface area contributed by atoms with Gasteiger partial charge in [0.1, 0.15) is 17.2 Å². The summed E-state index contributed by atoms with van der Waals surface area (Å²) in [5, 5.41) is 0. The molecule has 0 N–H and O–H groups in total. The summed E-state index contributed by atoms with van der Waals surface area (Å²) in [6.45, 7) is 0. The smallest absolute Gasteiger partial charge is 0.128 e. The summed E-state index contributed by atoms with van der Waals surface area (Å²) in [6.07, 6.45) is 0. The molecule has 0 saturated carbocycles. The molecule has 0 aromatic heterocycles. The number of methoxy groups -OCH3 is 1. The highest BCUT2D eigenvalue weighted by Crippen LogP contribution is 2.29. The molecule has 3 aromatic rings. The fourth-order valence-electron chi connectivity index (χ4n) is 2.17. The summed E-state index contributed by atoms with van der Waals surface area (Å²) < 4.78 is 11.1. The Kier molecular flexibility index (Phi) is 3.88. The molecule has 0 unspecified atom stereocenters. The van der Waals surface area contributed by atoms with Crippen LogP contribution in [0.25, 0.3) is 11.1 Å². The summed E-state index contributed by atoms with van der Waals surface area (Å²) >= 11 is 0. The van der Waals surface area contributed by atoms with Gasteiger partial charge in [0.05, 0.1) is 7.11 Å². The van der Waals surface area contributed by atoms with Crippen molar-refractivity contribution in [1.29, 1.82) is 0 Å². The van der Waals surface area contributed by atoms with Crippen LogP contribution in [0.15, 0.2) is 78.9 Å². The molecule has 0 fully saturated rings. The van der Waals surface area contributed by atoms with E-state index < -0.39 is 0 Å². The van der Waals surface area contributed by atoms with Crippen LogP contribution in [0.3, 0.4) is 0 Å². The van der Waals surface area contributed by atoms with E-state index >= 15 is 0 Å². The Balaban J connectivity index is 1.89. The molecule has 0 bridgehead atoms. The van der Waals surface area contributed by atoms with Gasteiger partial charge < -0.3 is 9.47 Å². The Bertz CT molecular complexity index is 720. The van der Waals surface area contributed by atoms with Gasteiger partial charge in [-0.1, -0.05) is 42.5 Å². The van der Waals surface area contributed by atoms with Crippen LogP contribution in [-0.2, 0) is 0 Å². The molecular weight excluding hydrogens is 260 g/mol. The summed E-state index contributed by atoms with van der Waals surface area (Å²) in [5.41, 5.74) is 2.20. The average Bonchev–Trinajstić information content (AvgIpc) is 2.56. The second-order valence-electron chi connectivity index (χ2n) is 4.67. The lowest BCUT2D eigenvalue weighted by Gasteiger charge is -2.08. The molecule has 0 spiro atoms. The van der Waals surface area contributed by atoms with Gasteiger partial charge in [-0.25, -0.2) is 0 Å². The maximum Gasteiger partial charge on any atom is 0.128 e. The number of benzene rings is 3. The number of para-hydroxylation sites is 1. The van der Waals surface area contributed by atoms with Crippen molar-refractivity contribution in [2.45, 2.75) is 0 Å². The van der Waals surface area contributed by atoms with E-state index in [1.165, 1.54) is 0 Å². The molecular formula is C19H16O2. The van der Waals surface area contributed by atoms with Gasteiger partial charge in [-0.3, -0.25) is 0 Å². The minimum Gasteiger partial charge on any atom is -0.497 e. The van der Waals surface area contributed by atoms with E-state index in [0.717, 1.165) is 28.4 Å². The standard InChI is InChI=1S/C19H16O2/c1-20-18-11-5-7-15(13-18)16-8-6-12-19(14-16)21-17-9-3-2-4-10-17/h2-14H,1H3. The Morgan fingerprint density at radius 2 is 1.14 bits per heavy atom. The van der Waals surface area contributed by atoms with Gasteiger partial charge >= 0.3 is 0 Å². The number of hydrogen-bond acceptors (Lipinski definition) is 2. The molecule has 0 aliphatic carbocycles. The van der Waals surface area contributed by atoms with Crippen LogP contribution >= 0.6 is 0 Å². The van der Waals surface area contributed by atoms with Gasteiger partial charge in [-0.2, -0.15) is 0 Å². The third-order valence-electron chi connectivity index (χ3n) is 3.22. The zero-order chi connectivity index (χ0) is 14.5. The topological polar surface area (TPSA) is 18.5 Å². The van der Waals surface area contributed by atoms with Gasteiger partial charge in [0.15, 0.2) is 0 Å². The summed E-state index contributed by atoms with van der Waals surface area (Å²) in [7, 11) is 1.67. The third kappa shape index (κ3) is 3.23. The molecule has 2 nitrogen and oxygen atoms in total. The largest absolute Gasteiger partial charge is 0.497 e. The first kappa shape index (κ1) is 13.3. The van der Waals surface area contributed by atoms with Crippen LogP contribution in [0.1, 0.15) is 0 Å². The second-order valence-corrected chi connectivity index (χ2v) is 4.67. The van der Waals surface area contributed by atoms with Crippen molar-refractivity contribution in [2.24, 2.45) is 0 Å². The van der Waals surface area contributed by atoms with Crippen molar-refractivity contribution in [3.05, 3.63) is 78.9 Å². The zero-order valence-electron chi connectivity index (χ0n) is 11.8. The first-order chi connectivity index (χ1) is 10.3. The van der Waals surface area contributed by atoms with Crippen LogP contribution in [-0.4, -0.2) is 7.11 Å². The molecule has 104 valence electrons. The lowest BCUT2D eigenvalue weighted by molar-refractivity contribution is 0.415.